The lowest BCUT2D eigenvalue weighted by Crippen LogP contribution is -2.46. The molecule has 1 fully saturated rings. The molecule has 1 aliphatic rings. The quantitative estimate of drug-likeness (QED) is 0.376. The number of hydrogen-bond donors (Lipinski definition) is 6. The third-order valence-corrected chi connectivity index (χ3v) is 4.60. The highest BCUT2D eigenvalue weighted by Crippen LogP contribution is 2.26. The summed E-state index contributed by atoms with van der Waals surface area (Å²) in [6, 6.07) is 5.89. The van der Waals surface area contributed by atoms with E-state index in [0.717, 1.165) is 37.7 Å². The zero-order chi connectivity index (χ0) is 21.6. The molecule has 162 valence electrons. The third kappa shape index (κ3) is 9.91. The van der Waals surface area contributed by atoms with Gasteiger partial charge in [0, 0.05) is 12.2 Å². The molecule has 0 saturated heterocycles. The van der Waals surface area contributed by atoms with Crippen molar-refractivity contribution in [3.8, 4) is 0 Å². The highest BCUT2D eigenvalue weighted by atomic mass is 16.3. The van der Waals surface area contributed by atoms with Crippen LogP contribution in [0.2, 0.25) is 0 Å². The number of primary amides is 1. The van der Waals surface area contributed by atoms with Crippen LogP contribution < -0.4 is 27.4 Å². The van der Waals surface area contributed by atoms with Crippen LogP contribution in [0.15, 0.2) is 24.3 Å². The number of aliphatic hydroxyl groups excluding tert-OH is 1. The second kappa shape index (κ2) is 13.5. The molecule has 29 heavy (non-hydrogen) atoms. The first-order valence-electron chi connectivity index (χ1n) is 9.93. The number of urea groups is 1. The Kier molecular flexibility index (Phi) is 11.4. The standard InChI is InChI=1S/C16H23N3O3.C4H10N2O/c17-15(12-3-1-2-4-12)16(22)18-9-14(21)19-13-7-5-11(10-20)6-8-13;1-2-3-6-4(5)7/h5-8,12,15,20H,1-4,9-10,17H2,(H,18,22)(H,19,21);2-3H2,1H3,(H3,5,6,7). The van der Waals surface area contributed by atoms with Crippen molar-refractivity contribution in [1.29, 1.82) is 0 Å². The van der Waals surface area contributed by atoms with Crippen molar-refractivity contribution < 1.29 is 19.5 Å². The molecule has 9 heteroatoms. The summed E-state index contributed by atoms with van der Waals surface area (Å²) < 4.78 is 0. The summed E-state index contributed by atoms with van der Waals surface area (Å²) >= 11 is 0. The van der Waals surface area contributed by atoms with Crippen LogP contribution in [0.5, 0.6) is 0 Å². The number of carbonyl (C=O) groups is 3. The minimum Gasteiger partial charge on any atom is -0.392 e. The van der Waals surface area contributed by atoms with Gasteiger partial charge < -0.3 is 32.5 Å². The lowest BCUT2D eigenvalue weighted by Gasteiger charge is -2.18. The molecule has 1 saturated carbocycles. The highest BCUT2D eigenvalue weighted by molar-refractivity contribution is 5.95. The van der Waals surface area contributed by atoms with Crippen LogP contribution in [0.4, 0.5) is 10.5 Å². The number of carbonyl (C=O) groups excluding carboxylic acids is 3. The Bertz CT molecular complexity index is 645. The fourth-order valence-electron chi connectivity index (χ4n) is 2.96. The Morgan fingerprint density at radius 1 is 1.14 bits per heavy atom. The summed E-state index contributed by atoms with van der Waals surface area (Å²) in [6.07, 6.45) is 5.14. The average Bonchev–Trinajstić information content (AvgIpc) is 3.25. The van der Waals surface area contributed by atoms with Crippen LogP contribution >= 0.6 is 0 Å². The van der Waals surface area contributed by atoms with Crippen molar-refractivity contribution in [3.63, 3.8) is 0 Å². The van der Waals surface area contributed by atoms with Crippen LogP contribution in [0, 0.1) is 5.92 Å². The number of amides is 4. The average molecular weight is 408 g/mol. The first-order chi connectivity index (χ1) is 13.9. The lowest BCUT2D eigenvalue weighted by molar-refractivity contribution is -0.126. The van der Waals surface area contributed by atoms with Crippen molar-refractivity contribution in [1.82, 2.24) is 10.6 Å². The van der Waals surface area contributed by atoms with E-state index in [1.54, 1.807) is 24.3 Å². The van der Waals surface area contributed by atoms with E-state index in [1.165, 1.54) is 0 Å². The minimum absolute atomic E-state index is 0.0384. The summed E-state index contributed by atoms with van der Waals surface area (Å²) in [5, 5.41) is 16.7. The van der Waals surface area contributed by atoms with Gasteiger partial charge in [-0.25, -0.2) is 4.79 Å². The van der Waals surface area contributed by atoms with Gasteiger partial charge in [-0.2, -0.15) is 0 Å². The zero-order valence-electron chi connectivity index (χ0n) is 16.9. The number of hydrogen-bond acceptors (Lipinski definition) is 5. The van der Waals surface area contributed by atoms with Gasteiger partial charge in [0.2, 0.25) is 11.8 Å². The van der Waals surface area contributed by atoms with Crippen LogP contribution in [0.3, 0.4) is 0 Å². The lowest BCUT2D eigenvalue weighted by atomic mass is 9.98. The molecule has 0 aliphatic heterocycles. The minimum atomic E-state index is -0.529. The second-order valence-electron chi connectivity index (χ2n) is 6.98. The second-order valence-corrected chi connectivity index (χ2v) is 6.98. The molecule has 1 atom stereocenters. The van der Waals surface area contributed by atoms with Crippen molar-refractivity contribution in [2.75, 3.05) is 18.4 Å². The van der Waals surface area contributed by atoms with Gasteiger partial charge in [0.25, 0.3) is 0 Å². The highest BCUT2D eigenvalue weighted by Gasteiger charge is 2.27. The molecule has 8 N–H and O–H groups in total. The summed E-state index contributed by atoms with van der Waals surface area (Å²) in [6.45, 7) is 2.51. The Labute approximate surface area is 171 Å². The fraction of sp³-hybridized carbons (Fsp3) is 0.550. The van der Waals surface area contributed by atoms with E-state index < -0.39 is 12.1 Å². The molecule has 9 nitrogen and oxygen atoms in total. The van der Waals surface area contributed by atoms with Crippen LogP contribution in [-0.4, -0.2) is 42.1 Å². The summed E-state index contributed by atoms with van der Waals surface area (Å²) in [5.41, 5.74) is 12.0. The van der Waals surface area contributed by atoms with E-state index in [9.17, 15) is 14.4 Å². The summed E-state index contributed by atoms with van der Waals surface area (Å²) in [7, 11) is 0. The van der Waals surface area contributed by atoms with Crippen molar-refractivity contribution in [3.05, 3.63) is 29.8 Å². The van der Waals surface area contributed by atoms with E-state index in [1.807, 2.05) is 6.92 Å². The largest absolute Gasteiger partial charge is 0.392 e. The molecule has 4 amide bonds. The van der Waals surface area contributed by atoms with Crippen molar-refractivity contribution >= 4 is 23.5 Å². The zero-order valence-corrected chi connectivity index (χ0v) is 16.9. The van der Waals surface area contributed by atoms with Gasteiger partial charge >= 0.3 is 6.03 Å². The first kappa shape index (κ1) is 24.4. The van der Waals surface area contributed by atoms with Gasteiger partial charge in [-0.1, -0.05) is 31.9 Å². The number of nitrogens with two attached hydrogens (primary N) is 2. The predicted octanol–water partition coefficient (Wildman–Crippen LogP) is 0.816. The first-order valence-corrected chi connectivity index (χ1v) is 9.93. The molecule has 0 aromatic heterocycles. The molecule has 0 spiro atoms. The van der Waals surface area contributed by atoms with E-state index in [2.05, 4.69) is 16.0 Å². The van der Waals surface area contributed by atoms with Crippen molar-refractivity contribution in [2.24, 2.45) is 17.4 Å². The maximum atomic E-state index is 11.9. The van der Waals surface area contributed by atoms with Gasteiger partial charge in [0.15, 0.2) is 0 Å². The monoisotopic (exact) mass is 407 g/mol. The number of benzene rings is 1. The van der Waals surface area contributed by atoms with E-state index in [-0.39, 0.29) is 30.9 Å². The number of aliphatic hydroxyl groups is 1. The Balaban J connectivity index is 0.000000516. The topological polar surface area (TPSA) is 160 Å². The maximum absolute atomic E-state index is 11.9. The van der Waals surface area contributed by atoms with E-state index >= 15 is 0 Å². The van der Waals surface area contributed by atoms with Crippen LogP contribution in [0.25, 0.3) is 0 Å². The normalized spacial score (nSPS) is 14.3. The van der Waals surface area contributed by atoms with Gasteiger partial charge in [0.1, 0.15) is 0 Å². The Morgan fingerprint density at radius 2 is 1.76 bits per heavy atom. The maximum Gasteiger partial charge on any atom is 0.312 e. The Morgan fingerprint density at radius 3 is 2.24 bits per heavy atom. The molecule has 0 heterocycles. The SMILES string of the molecule is CCCNC(N)=O.NC(C(=O)NCC(=O)Nc1ccc(CO)cc1)C1CCCC1. The number of anilines is 1. The molecule has 1 aliphatic carbocycles. The van der Waals surface area contributed by atoms with Crippen molar-refractivity contribution in [2.45, 2.75) is 51.7 Å². The van der Waals surface area contributed by atoms with Gasteiger partial charge in [-0.05, 0) is 42.9 Å². The molecule has 1 aromatic rings. The van der Waals surface area contributed by atoms with Gasteiger partial charge in [-0.15, -0.1) is 0 Å². The van der Waals surface area contributed by atoms with Gasteiger partial charge in [0.05, 0.1) is 19.2 Å². The molecule has 1 aromatic carbocycles. The Hall–Kier alpha value is -2.65. The molecular formula is C20H33N5O4. The summed E-state index contributed by atoms with van der Waals surface area (Å²) in [4.78, 5) is 33.6. The van der Waals surface area contributed by atoms with Gasteiger partial charge in [-0.3, -0.25) is 9.59 Å². The van der Waals surface area contributed by atoms with E-state index in [0.29, 0.717) is 12.2 Å². The predicted molar refractivity (Wildman–Crippen MR) is 112 cm³/mol. The molecule has 1 unspecified atom stereocenters. The van der Waals surface area contributed by atoms with Crippen LogP contribution in [0.1, 0.15) is 44.6 Å². The fourth-order valence-corrected chi connectivity index (χ4v) is 2.96. The van der Waals surface area contributed by atoms with Crippen LogP contribution in [-0.2, 0) is 16.2 Å². The molecule has 0 radical (unpaired) electrons. The molecular weight excluding hydrogens is 374 g/mol. The van der Waals surface area contributed by atoms with E-state index in [4.69, 9.17) is 16.6 Å². The third-order valence-electron chi connectivity index (χ3n) is 4.60. The molecule has 0 bridgehead atoms. The summed E-state index contributed by atoms with van der Waals surface area (Å²) in [5.74, 6) is -0.338. The number of rotatable bonds is 8. The number of nitrogens with one attached hydrogen (secondary N) is 3. The smallest absolute Gasteiger partial charge is 0.312 e. The molecule has 2 rings (SSSR count).